The fourth-order valence-corrected chi connectivity index (χ4v) is 4.15. The number of aromatic nitrogens is 2. The van der Waals surface area contributed by atoms with Gasteiger partial charge in [0.2, 0.25) is 5.91 Å². The number of carbonyl (C=O) groups is 1. The molecule has 8 heteroatoms. The van der Waals surface area contributed by atoms with Crippen molar-refractivity contribution in [2.45, 2.75) is 19.8 Å². The maximum absolute atomic E-state index is 12.8. The maximum Gasteiger partial charge on any atom is 0.229 e. The molecule has 27 heavy (non-hydrogen) atoms. The summed E-state index contributed by atoms with van der Waals surface area (Å²) in [5, 5.41) is 6.14. The summed E-state index contributed by atoms with van der Waals surface area (Å²) in [5.74, 6) is 0.890. The second kappa shape index (κ2) is 8.10. The van der Waals surface area contributed by atoms with Gasteiger partial charge in [0.25, 0.3) is 0 Å². The summed E-state index contributed by atoms with van der Waals surface area (Å²) in [4.78, 5) is 24.8. The van der Waals surface area contributed by atoms with Crippen molar-refractivity contribution in [3.05, 3.63) is 41.5 Å². The molecule has 1 atom stereocenters. The first-order valence-electron chi connectivity index (χ1n) is 8.72. The van der Waals surface area contributed by atoms with Crippen molar-refractivity contribution in [1.82, 2.24) is 9.97 Å². The number of carbonyl (C=O) groups excluding carboxylic acids is 1. The number of nitrogens with two attached hydrogens (primary N) is 1. The van der Waals surface area contributed by atoms with E-state index < -0.39 is 0 Å². The summed E-state index contributed by atoms with van der Waals surface area (Å²) in [7, 11) is 0. The van der Waals surface area contributed by atoms with Crippen LogP contribution < -0.4 is 16.0 Å². The van der Waals surface area contributed by atoms with Crippen LogP contribution in [0.25, 0.3) is 10.2 Å². The Bertz CT molecular complexity index is 960. The highest BCUT2D eigenvalue weighted by Crippen LogP contribution is 2.30. The van der Waals surface area contributed by atoms with Gasteiger partial charge in [-0.15, -0.1) is 23.7 Å². The van der Waals surface area contributed by atoms with Crippen molar-refractivity contribution in [2.24, 2.45) is 5.92 Å². The number of hydrogen-bond donors (Lipinski definition) is 2. The minimum atomic E-state index is -0.0757. The highest BCUT2D eigenvalue weighted by atomic mass is 35.5. The van der Waals surface area contributed by atoms with E-state index >= 15 is 0 Å². The lowest BCUT2D eigenvalue weighted by Crippen LogP contribution is -2.41. The third kappa shape index (κ3) is 3.99. The summed E-state index contributed by atoms with van der Waals surface area (Å²) < 4.78 is 0. The molecule has 1 amide bonds. The van der Waals surface area contributed by atoms with Gasteiger partial charge in [0.05, 0.1) is 11.3 Å². The number of amides is 1. The molecule has 6 nitrogen and oxygen atoms in total. The van der Waals surface area contributed by atoms with E-state index in [1.807, 2.05) is 30.5 Å². The normalized spacial score (nSPS) is 16.8. The minimum Gasteiger partial charge on any atom is -0.399 e. The standard InChI is InChI=1S/C19H21N5OS.ClH/c1-12-4-5-14(20)9-16(12)23-18(25)13-3-2-7-24(10-13)17-15-6-8-26-19(15)22-11-21-17;/h4-6,8-9,11,13H,2-3,7,10,20H2,1H3,(H,23,25);1H. The molecule has 3 N–H and O–H groups in total. The first-order chi connectivity index (χ1) is 12.6. The number of fused-ring (bicyclic) bond motifs is 1. The SMILES string of the molecule is Cc1ccc(N)cc1NC(=O)C1CCCN(c2ncnc3sccc23)C1.Cl. The van der Waals surface area contributed by atoms with Gasteiger partial charge >= 0.3 is 0 Å². The van der Waals surface area contributed by atoms with Crippen LogP contribution in [0.3, 0.4) is 0 Å². The molecule has 1 unspecified atom stereocenters. The van der Waals surface area contributed by atoms with Crippen LogP contribution in [0.5, 0.6) is 0 Å². The summed E-state index contributed by atoms with van der Waals surface area (Å²) in [6.45, 7) is 3.54. The number of rotatable bonds is 3. The second-order valence-electron chi connectivity index (χ2n) is 6.69. The third-order valence-electron chi connectivity index (χ3n) is 4.85. The van der Waals surface area contributed by atoms with Gasteiger partial charge in [-0.2, -0.15) is 0 Å². The lowest BCUT2D eigenvalue weighted by Gasteiger charge is -2.33. The van der Waals surface area contributed by atoms with Crippen LogP contribution in [-0.4, -0.2) is 29.0 Å². The molecule has 142 valence electrons. The molecule has 1 aliphatic heterocycles. The van der Waals surface area contributed by atoms with Crippen LogP contribution >= 0.6 is 23.7 Å². The van der Waals surface area contributed by atoms with Crippen LogP contribution in [0.1, 0.15) is 18.4 Å². The van der Waals surface area contributed by atoms with E-state index in [9.17, 15) is 4.79 Å². The van der Waals surface area contributed by atoms with Gasteiger partial charge in [0.15, 0.2) is 0 Å². The van der Waals surface area contributed by atoms with Gasteiger partial charge in [0.1, 0.15) is 17.0 Å². The molecule has 0 bridgehead atoms. The Morgan fingerprint density at radius 1 is 1.33 bits per heavy atom. The van der Waals surface area contributed by atoms with Crippen molar-refractivity contribution in [2.75, 3.05) is 29.0 Å². The molecule has 0 radical (unpaired) electrons. The van der Waals surface area contributed by atoms with Crippen molar-refractivity contribution in [1.29, 1.82) is 0 Å². The first kappa shape index (κ1) is 19.4. The quantitative estimate of drug-likeness (QED) is 0.648. The summed E-state index contributed by atoms with van der Waals surface area (Å²) >= 11 is 1.61. The molecule has 0 spiro atoms. The topological polar surface area (TPSA) is 84.1 Å². The zero-order chi connectivity index (χ0) is 18.1. The zero-order valence-corrected chi connectivity index (χ0v) is 16.6. The third-order valence-corrected chi connectivity index (χ3v) is 5.67. The number of piperidine rings is 1. The smallest absolute Gasteiger partial charge is 0.229 e. The Balaban J connectivity index is 0.00000210. The van der Waals surface area contributed by atoms with Crippen LogP contribution in [-0.2, 0) is 4.79 Å². The number of nitrogens with zero attached hydrogens (tertiary/aromatic N) is 3. The zero-order valence-electron chi connectivity index (χ0n) is 15.0. The van der Waals surface area contributed by atoms with Gasteiger partial charge in [-0.25, -0.2) is 9.97 Å². The van der Waals surface area contributed by atoms with Gasteiger partial charge in [-0.05, 0) is 48.9 Å². The lowest BCUT2D eigenvalue weighted by atomic mass is 9.96. The number of anilines is 3. The summed E-state index contributed by atoms with van der Waals surface area (Å²) in [6, 6.07) is 7.63. The summed E-state index contributed by atoms with van der Waals surface area (Å²) in [6.07, 6.45) is 3.44. The van der Waals surface area contributed by atoms with Gasteiger partial charge in [0, 0.05) is 24.5 Å². The van der Waals surface area contributed by atoms with Crippen LogP contribution in [0.4, 0.5) is 17.2 Å². The molecule has 3 heterocycles. The van der Waals surface area contributed by atoms with Gasteiger partial charge < -0.3 is 16.0 Å². The Kier molecular flexibility index (Phi) is 5.82. The van der Waals surface area contributed by atoms with E-state index in [1.54, 1.807) is 17.7 Å². The van der Waals surface area contributed by atoms with Crippen LogP contribution in [0.15, 0.2) is 36.0 Å². The molecule has 1 saturated heterocycles. The Morgan fingerprint density at radius 2 is 2.19 bits per heavy atom. The molecule has 0 aliphatic carbocycles. The molecule has 3 aromatic rings. The van der Waals surface area contributed by atoms with E-state index in [4.69, 9.17) is 5.73 Å². The molecular formula is C19H22ClN5OS. The van der Waals surface area contributed by atoms with Crippen LogP contribution in [0, 0.1) is 12.8 Å². The van der Waals surface area contributed by atoms with Crippen molar-refractivity contribution < 1.29 is 4.79 Å². The Hall–Kier alpha value is -2.38. The largest absolute Gasteiger partial charge is 0.399 e. The average Bonchev–Trinajstić information content (AvgIpc) is 3.13. The molecular weight excluding hydrogens is 382 g/mol. The molecule has 1 aliphatic rings. The average molecular weight is 404 g/mol. The molecule has 1 aromatic carbocycles. The van der Waals surface area contributed by atoms with Gasteiger partial charge in [-0.3, -0.25) is 4.79 Å². The van der Waals surface area contributed by atoms with Crippen molar-refractivity contribution >= 4 is 57.1 Å². The minimum absolute atomic E-state index is 0. The second-order valence-corrected chi connectivity index (χ2v) is 7.58. The number of benzene rings is 1. The van der Waals surface area contributed by atoms with E-state index in [1.165, 1.54) is 0 Å². The molecule has 2 aromatic heterocycles. The van der Waals surface area contributed by atoms with E-state index in [0.29, 0.717) is 12.2 Å². The van der Waals surface area contributed by atoms with E-state index in [-0.39, 0.29) is 24.2 Å². The number of aryl methyl sites for hydroxylation is 1. The fourth-order valence-electron chi connectivity index (χ4n) is 3.42. The number of hydrogen-bond acceptors (Lipinski definition) is 6. The number of halogens is 1. The molecule has 4 rings (SSSR count). The van der Waals surface area contributed by atoms with Crippen molar-refractivity contribution in [3.8, 4) is 0 Å². The highest BCUT2D eigenvalue weighted by Gasteiger charge is 2.28. The number of thiophene rings is 1. The Labute approximate surface area is 168 Å². The predicted molar refractivity (Wildman–Crippen MR) is 114 cm³/mol. The predicted octanol–water partition coefficient (Wildman–Crippen LogP) is 3.86. The number of nitrogens with one attached hydrogen (secondary N) is 1. The van der Waals surface area contributed by atoms with Crippen molar-refractivity contribution in [3.63, 3.8) is 0 Å². The van der Waals surface area contributed by atoms with Gasteiger partial charge in [-0.1, -0.05) is 6.07 Å². The number of nitrogen functional groups attached to an aromatic ring is 1. The maximum atomic E-state index is 12.8. The fraction of sp³-hybridized carbons (Fsp3) is 0.316. The lowest BCUT2D eigenvalue weighted by molar-refractivity contribution is -0.120. The van der Waals surface area contributed by atoms with E-state index in [0.717, 1.165) is 46.7 Å². The highest BCUT2D eigenvalue weighted by molar-refractivity contribution is 7.16. The Morgan fingerprint density at radius 3 is 3.04 bits per heavy atom. The monoisotopic (exact) mass is 403 g/mol. The van der Waals surface area contributed by atoms with Crippen LogP contribution in [0.2, 0.25) is 0 Å². The molecule has 0 saturated carbocycles. The first-order valence-corrected chi connectivity index (χ1v) is 9.60. The van der Waals surface area contributed by atoms with E-state index in [2.05, 4.69) is 26.3 Å². The molecule has 1 fully saturated rings. The summed E-state index contributed by atoms with van der Waals surface area (Å²) in [5.41, 5.74) is 8.30.